The van der Waals surface area contributed by atoms with Crippen molar-refractivity contribution in [3.05, 3.63) is 33.7 Å². The van der Waals surface area contributed by atoms with Gasteiger partial charge in [0, 0.05) is 30.4 Å². The number of hydrogen-bond donors (Lipinski definition) is 2. The van der Waals surface area contributed by atoms with Crippen LogP contribution in [0.25, 0.3) is 0 Å². The second kappa shape index (κ2) is 7.33. The Balaban J connectivity index is 2.77. The molecule has 1 rings (SSSR count). The molecule has 6 heteroatoms. The lowest BCUT2D eigenvalue weighted by molar-refractivity contribution is 0.0894. The van der Waals surface area contributed by atoms with E-state index >= 15 is 0 Å². The molecule has 1 atom stereocenters. The van der Waals surface area contributed by atoms with Gasteiger partial charge in [0.05, 0.1) is 12.6 Å². The van der Waals surface area contributed by atoms with Crippen molar-refractivity contribution in [3.8, 4) is 0 Å². The molecule has 1 aromatic rings. The molecule has 0 aliphatic heterocycles. The summed E-state index contributed by atoms with van der Waals surface area (Å²) in [6.07, 6.45) is 2.17. The summed E-state index contributed by atoms with van der Waals surface area (Å²) in [7, 11) is 1.58. The smallest absolute Gasteiger partial charge is 0.257 e. The summed E-state index contributed by atoms with van der Waals surface area (Å²) in [5, 5.41) is 3.54. The van der Waals surface area contributed by atoms with Crippen LogP contribution in [0.1, 0.15) is 22.5 Å². The van der Waals surface area contributed by atoms with Crippen LogP contribution in [0.15, 0.2) is 17.1 Å². The standard InChI is InChI=1S/C12H17BrN2O3/c1-8-5-11(16)10(6-14-8)12(17)15-9(3-4-13)7-18-2/h5-6,9H,3-4,7H2,1-2H3,(H,14,16)(H,15,17). The van der Waals surface area contributed by atoms with Gasteiger partial charge in [0.1, 0.15) is 5.56 Å². The molecule has 18 heavy (non-hydrogen) atoms. The Morgan fingerprint density at radius 3 is 2.89 bits per heavy atom. The Bertz CT molecular complexity index is 453. The second-order valence-corrected chi connectivity index (χ2v) is 4.79. The molecular weight excluding hydrogens is 300 g/mol. The van der Waals surface area contributed by atoms with Gasteiger partial charge < -0.3 is 15.0 Å². The first-order chi connectivity index (χ1) is 8.58. The molecule has 0 aliphatic carbocycles. The fraction of sp³-hybridized carbons (Fsp3) is 0.500. The Morgan fingerprint density at radius 1 is 1.61 bits per heavy atom. The lowest BCUT2D eigenvalue weighted by Gasteiger charge is -2.16. The molecule has 0 spiro atoms. The lowest BCUT2D eigenvalue weighted by Crippen LogP contribution is -2.40. The molecular formula is C12H17BrN2O3. The van der Waals surface area contributed by atoms with Gasteiger partial charge in [0.15, 0.2) is 5.43 Å². The van der Waals surface area contributed by atoms with Gasteiger partial charge in [0.25, 0.3) is 5.91 Å². The second-order valence-electron chi connectivity index (χ2n) is 4.00. The molecule has 0 fully saturated rings. The SMILES string of the molecule is COCC(CCBr)NC(=O)c1c[nH]c(C)cc1=O. The number of carbonyl (C=O) groups is 1. The molecule has 0 saturated heterocycles. The largest absolute Gasteiger partial charge is 0.383 e. The number of hydrogen-bond acceptors (Lipinski definition) is 3. The minimum Gasteiger partial charge on any atom is -0.383 e. The Kier molecular flexibility index (Phi) is 6.07. The molecule has 1 unspecified atom stereocenters. The Hall–Kier alpha value is -1.14. The average molecular weight is 317 g/mol. The van der Waals surface area contributed by atoms with Crippen LogP contribution >= 0.6 is 15.9 Å². The van der Waals surface area contributed by atoms with E-state index in [2.05, 4.69) is 26.2 Å². The highest BCUT2D eigenvalue weighted by Gasteiger charge is 2.15. The number of aryl methyl sites for hydroxylation is 1. The summed E-state index contributed by atoms with van der Waals surface area (Å²) < 4.78 is 5.02. The fourth-order valence-corrected chi connectivity index (χ4v) is 2.10. The van der Waals surface area contributed by atoms with E-state index in [1.807, 2.05) is 0 Å². The average Bonchev–Trinajstić information content (AvgIpc) is 2.29. The summed E-state index contributed by atoms with van der Waals surface area (Å²) in [6, 6.07) is 1.30. The van der Waals surface area contributed by atoms with Gasteiger partial charge in [-0.15, -0.1) is 0 Å². The molecule has 0 bridgehead atoms. The van der Waals surface area contributed by atoms with Gasteiger partial charge in [-0.1, -0.05) is 15.9 Å². The molecule has 0 radical (unpaired) electrons. The fourth-order valence-electron chi connectivity index (χ4n) is 1.54. The van der Waals surface area contributed by atoms with E-state index in [0.717, 1.165) is 17.4 Å². The third kappa shape index (κ3) is 4.27. The Morgan fingerprint density at radius 2 is 2.33 bits per heavy atom. The van der Waals surface area contributed by atoms with Crippen molar-refractivity contribution in [2.45, 2.75) is 19.4 Å². The van der Waals surface area contributed by atoms with Gasteiger partial charge in [-0.3, -0.25) is 9.59 Å². The van der Waals surface area contributed by atoms with Crippen molar-refractivity contribution in [2.75, 3.05) is 19.0 Å². The lowest BCUT2D eigenvalue weighted by atomic mass is 10.2. The van der Waals surface area contributed by atoms with Crippen LogP contribution < -0.4 is 10.7 Å². The zero-order valence-corrected chi connectivity index (χ0v) is 12.0. The van der Waals surface area contributed by atoms with E-state index in [4.69, 9.17) is 4.74 Å². The number of halogens is 1. The minimum atomic E-state index is -0.376. The van der Waals surface area contributed by atoms with Crippen LogP contribution in [0.5, 0.6) is 0 Å². The van der Waals surface area contributed by atoms with E-state index in [1.165, 1.54) is 12.3 Å². The maximum absolute atomic E-state index is 11.9. The molecule has 1 heterocycles. The number of pyridine rings is 1. The van der Waals surface area contributed by atoms with Crippen LogP contribution in [0.4, 0.5) is 0 Å². The highest BCUT2D eigenvalue weighted by molar-refractivity contribution is 9.09. The number of aromatic amines is 1. The molecule has 1 amide bonds. The zero-order chi connectivity index (χ0) is 13.5. The van der Waals surface area contributed by atoms with Crippen LogP contribution in [-0.4, -0.2) is 36.0 Å². The zero-order valence-electron chi connectivity index (χ0n) is 10.5. The normalized spacial score (nSPS) is 12.2. The first kappa shape index (κ1) is 14.9. The van der Waals surface area contributed by atoms with Gasteiger partial charge in [0.2, 0.25) is 0 Å². The van der Waals surface area contributed by atoms with Crippen molar-refractivity contribution < 1.29 is 9.53 Å². The number of H-pyrrole nitrogens is 1. The van der Waals surface area contributed by atoms with Crippen LogP contribution in [0.2, 0.25) is 0 Å². The van der Waals surface area contributed by atoms with Crippen LogP contribution in [0, 0.1) is 6.92 Å². The predicted molar refractivity (Wildman–Crippen MR) is 73.3 cm³/mol. The highest BCUT2D eigenvalue weighted by Crippen LogP contribution is 1.99. The van der Waals surface area contributed by atoms with Crippen molar-refractivity contribution in [1.29, 1.82) is 0 Å². The summed E-state index contributed by atoms with van der Waals surface area (Å²) in [5.74, 6) is -0.376. The van der Waals surface area contributed by atoms with E-state index in [-0.39, 0.29) is 22.9 Å². The highest BCUT2D eigenvalue weighted by atomic mass is 79.9. The minimum absolute atomic E-state index is 0.109. The molecule has 0 aliphatic rings. The molecule has 5 nitrogen and oxygen atoms in total. The predicted octanol–water partition coefficient (Wildman–Crippen LogP) is 1.21. The maximum atomic E-state index is 11.9. The molecule has 2 N–H and O–H groups in total. The summed E-state index contributed by atoms with van der Waals surface area (Å²) in [4.78, 5) is 26.4. The van der Waals surface area contributed by atoms with E-state index in [9.17, 15) is 9.59 Å². The number of alkyl halides is 1. The monoisotopic (exact) mass is 316 g/mol. The number of amides is 1. The third-order valence-electron chi connectivity index (χ3n) is 2.46. The summed E-state index contributed by atoms with van der Waals surface area (Å²) in [5.41, 5.74) is 0.570. The number of nitrogens with one attached hydrogen (secondary N) is 2. The molecule has 0 saturated carbocycles. The summed E-state index contributed by atoms with van der Waals surface area (Å²) >= 11 is 3.32. The molecule has 100 valence electrons. The molecule has 1 aromatic heterocycles. The Labute approximate surface area is 114 Å². The van der Waals surface area contributed by atoms with E-state index in [0.29, 0.717) is 6.61 Å². The first-order valence-corrected chi connectivity index (χ1v) is 6.75. The number of carbonyl (C=O) groups excluding carboxylic acids is 1. The van der Waals surface area contributed by atoms with Crippen molar-refractivity contribution in [1.82, 2.24) is 10.3 Å². The van der Waals surface area contributed by atoms with Gasteiger partial charge in [-0.05, 0) is 13.3 Å². The molecule has 0 aromatic carbocycles. The summed E-state index contributed by atoms with van der Waals surface area (Å²) in [6.45, 7) is 2.18. The van der Waals surface area contributed by atoms with Crippen LogP contribution in [0.3, 0.4) is 0 Å². The van der Waals surface area contributed by atoms with Crippen LogP contribution in [-0.2, 0) is 4.74 Å². The van der Waals surface area contributed by atoms with Gasteiger partial charge in [-0.25, -0.2) is 0 Å². The number of rotatable bonds is 6. The number of methoxy groups -OCH3 is 1. The third-order valence-corrected chi connectivity index (χ3v) is 2.92. The van der Waals surface area contributed by atoms with Crippen molar-refractivity contribution in [2.24, 2.45) is 0 Å². The van der Waals surface area contributed by atoms with Crippen molar-refractivity contribution >= 4 is 21.8 Å². The number of ether oxygens (including phenoxy) is 1. The van der Waals surface area contributed by atoms with Gasteiger partial charge >= 0.3 is 0 Å². The van der Waals surface area contributed by atoms with Gasteiger partial charge in [-0.2, -0.15) is 0 Å². The van der Waals surface area contributed by atoms with E-state index < -0.39 is 0 Å². The quantitative estimate of drug-likeness (QED) is 0.775. The van der Waals surface area contributed by atoms with E-state index in [1.54, 1.807) is 14.0 Å². The topological polar surface area (TPSA) is 71.2 Å². The first-order valence-electron chi connectivity index (χ1n) is 5.63. The van der Waals surface area contributed by atoms with Crippen molar-refractivity contribution in [3.63, 3.8) is 0 Å². The number of aromatic nitrogens is 1. The maximum Gasteiger partial charge on any atom is 0.257 e.